The number of hydrogen-bond donors (Lipinski definition) is 0. The van der Waals surface area contributed by atoms with Gasteiger partial charge in [0.25, 0.3) is 0 Å². The molecule has 0 aromatic heterocycles. The number of benzene rings is 1. The Labute approximate surface area is 176 Å². The van der Waals surface area contributed by atoms with Gasteiger partial charge in [-0.2, -0.15) is 0 Å². The van der Waals surface area contributed by atoms with Crippen molar-refractivity contribution in [3.05, 3.63) is 34.3 Å². The molecule has 1 aromatic rings. The molecule has 1 aromatic carbocycles. The lowest BCUT2D eigenvalue weighted by molar-refractivity contribution is 0.188. The van der Waals surface area contributed by atoms with Crippen LogP contribution in [0.1, 0.15) is 59.4 Å². The van der Waals surface area contributed by atoms with Gasteiger partial charge in [-0.05, 0) is 88.8 Å². The summed E-state index contributed by atoms with van der Waals surface area (Å²) in [6, 6.07) is 4.26. The monoisotopic (exact) mass is 452 g/mol. The summed E-state index contributed by atoms with van der Waals surface area (Å²) in [4.78, 5) is 0. The molecule has 4 heteroatoms. The molecule has 0 saturated heterocycles. The highest BCUT2D eigenvalue weighted by Crippen LogP contribution is 2.47. The van der Waals surface area contributed by atoms with Crippen LogP contribution in [0.3, 0.4) is 0 Å². The van der Waals surface area contributed by atoms with E-state index in [1.54, 1.807) is 7.11 Å². The molecule has 1 saturated carbocycles. The summed E-state index contributed by atoms with van der Waals surface area (Å²) >= 11 is 3.65. The highest BCUT2D eigenvalue weighted by molar-refractivity contribution is 9.10. The van der Waals surface area contributed by atoms with E-state index < -0.39 is 8.32 Å². The van der Waals surface area contributed by atoms with E-state index >= 15 is 0 Å². The number of rotatable bonds is 5. The van der Waals surface area contributed by atoms with Crippen LogP contribution < -0.4 is 9.16 Å². The van der Waals surface area contributed by atoms with Crippen LogP contribution in [0.5, 0.6) is 11.5 Å². The predicted molar refractivity (Wildman–Crippen MR) is 122 cm³/mol. The minimum atomic E-state index is -1.93. The van der Waals surface area contributed by atoms with Gasteiger partial charge in [0.15, 0.2) is 0 Å². The van der Waals surface area contributed by atoms with Gasteiger partial charge in [-0.1, -0.05) is 46.8 Å². The summed E-state index contributed by atoms with van der Waals surface area (Å²) in [5.41, 5.74) is 2.89. The fourth-order valence-electron chi connectivity index (χ4n) is 3.73. The van der Waals surface area contributed by atoms with Crippen molar-refractivity contribution in [2.24, 2.45) is 11.3 Å². The van der Waals surface area contributed by atoms with E-state index in [4.69, 9.17) is 9.16 Å². The maximum Gasteiger partial charge on any atom is 0.250 e. The van der Waals surface area contributed by atoms with E-state index in [0.29, 0.717) is 5.92 Å². The van der Waals surface area contributed by atoms with Crippen molar-refractivity contribution in [1.29, 1.82) is 0 Å². The second kappa shape index (κ2) is 7.94. The Hall–Kier alpha value is -0.743. The molecule has 2 rings (SSSR count). The highest BCUT2D eigenvalue weighted by Gasteiger charge is 2.40. The molecule has 0 amide bonds. The van der Waals surface area contributed by atoms with Gasteiger partial charge in [0.1, 0.15) is 11.5 Å². The zero-order valence-corrected chi connectivity index (χ0v) is 21.0. The molecule has 0 bridgehead atoms. The number of methoxy groups -OCH3 is 1. The van der Waals surface area contributed by atoms with Crippen LogP contribution in [-0.4, -0.2) is 15.4 Å². The van der Waals surface area contributed by atoms with E-state index in [1.807, 2.05) is 0 Å². The van der Waals surface area contributed by atoms with Crippen molar-refractivity contribution < 1.29 is 9.16 Å². The maximum atomic E-state index is 6.75. The first kappa shape index (κ1) is 22.5. The molecule has 0 spiro atoms. The Morgan fingerprint density at radius 3 is 2.37 bits per heavy atom. The van der Waals surface area contributed by atoms with Gasteiger partial charge in [-0.3, -0.25) is 0 Å². The molecule has 0 N–H and O–H groups in total. The first-order valence-corrected chi connectivity index (χ1v) is 13.7. The molecule has 1 fully saturated rings. The number of halogens is 1. The van der Waals surface area contributed by atoms with Crippen molar-refractivity contribution in [1.82, 2.24) is 0 Å². The third kappa shape index (κ3) is 5.00. The minimum absolute atomic E-state index is 0.157. The van der Waals surface area contributed by atoms with Gasteiger partial charge < -0.3 is 9.16 Å². The van der Waals surface area contributed by atoms with E-state index in [-0.39, 0.29) is 10.5 Å². The lowest BCUT2D eigenvalue weighted by Gasteiger charge is -2.41. The summed E-state index contributed by atoms with van der Waals surface area (Å²) < 4.78 is 13.3. The fraction of sp³-hybridized carbons (Fsp3) is 0.652. The lowest BCUT2D eigenvalue weighted by atomic mass is 9.65. The van der Waals surface area contributed by atoms with Crippen molar-refractivity contribution in [3.8, 4) is 11.5 Å². The normalized spacial score (nSPS) is 20.5. The second-order valence-corrected chi connectivity index (χ2v) is 15.8. The first-order chi connectivity index (χ1) is 12.3. The van der Waals surface area contributed by atoms with Crippen LogP contribution >= 0.6 is 15.9 Å². The van der Waals surface area contributed by atoms with Crippen LogP contribution in [0, 0.1) is 11.3 Å². The quantitative estimate of drug-likeness (QED) is 0.335. The Bertz CT molecular complexity index is 701. The molecular weight excluding hydrogens is 416 g/mol. The van der Waals surface area contributed by atoms with Crippen LogP contribution in [0.2, 0.25) is 18.1 Å². The topological polar surface area (TPSA) is 18.5 Å². The standard InChI is InChI=1S/C23H37BrO2Si/c1-16-11-10-12-23(5,6)18(16)13-17-14-21(25-7)19(24)15-20(17)26-27(8,9)22(2,3)4/h14-15,18H,1,10-13H2,2-9H3/t18-/m1/s1. The van der Waals surface area contributed by atoms with Gasteiger partial charge in [-0.25, -0.2) is 0 Å². The highest BCUT2D eigenvalue weighted by atomic mass is 79.9. The molecule has 0 unspecified atom stereocenters. The van der Waals surface area contributed by atoms with Crippen LogP contribution in [0.25, 0.3) is 0 Å². The first-order valence-electron chi connectivity index (χ1n) is 10.0. The maximum absolute atomic E-state index is 6.75. The summed E-state index contributed by atoms with van der Waals surface area (Å²) in [7, 11) is -0.206. The second-order valence-electron chi connectivity index (χ2n) is 10.2. The summed E-state index contributed by atoms with van der Waals surface area (Å²) in [6.07, 6.45) is 4.60. The Kier molecular flexibility index (Phi) is 6.63. The molecule has 27 heavy (non-hydrogen) atoms. The van der Waals surface area contributed by atoms with E-state index in [9.17, 15) is 0 Å². The molecule has 0 aliphatic heterocycles. The fourth-order valence-corrected chi connectivity index (χ4v) is 5.26. The third-order valence-corrected chi connectivity index (χ3v) is 11.6. The number of ether oxygens (including phenoxy) is 1. The summed E-state index contributed by atoms with van der Waals surface area (Å²) in [6.45, 7) is 20.6. The van der Waals surface area contributed by atoms with E-state index in [2.05, 4.69) is 82.4 Å². The van der Waals surface area contributed by atoms with Crippen molar-refractivity contribution >= 4 is 24.2 Å². The smallest absolute Gasteiger partial charge is 0.250 e. The van der Waals surface area contributed by atoms with Crippen LogP contribution in [0.15, 0.2) is 28.8 Å². The van der Waals surface area contributed by atoms with Crippen molar-refractivity contribution in [2.75, 3.05) is 7.11 Å². The van der Waals surface area contributed by atoms with Gasteiger partial charge in [0.2, 0.25) is 8.32 Å². The predicted octanol–water partition coefficient (Wildman–Crippen LogP) is 7.77. The third-order valence-electron chi connectivity index (χ3n) is 6.69. The molecule has 2 nitrogen and oxygen atoms in total. The summed E-state index contributed by atoms with van der Waals surface area (Å²) in [5.74, 6) is 2.34. The SMILES string of the molecule is C=C1CCCC(C)(C)[C@@H]1Cc1cc(OC)c(Br)cc1O[Si](C)(C)C(C)(C)C. The molecule has 1 aliphatic rings. The average Bonchev–Trinajstić information content (AvgIpc) is 2.51. The summed E-state index contributed by atoms with van der Waals surface area (Å²) in [5, 5.41) is 0.157. The van der Waals surface area contributed by atoms with Gasteiger partial charge in [0, 0.05) is 0 Å². The number of allylic oxidation sites excluding steroid dienone is 1. The van der Waals surface area contributed by atoms with Gasteiger partial charge >= 0.3 is 0 Å². The molecule has 0 heterocycles. The largest absolute Gasteiger partial charge is 0.543 e. The minimum Gasteiger partial charge on any atom is -0.543 e. The van der Waals surface area contributed by atoms with Gasteiger partial charge in [0.05, 0.1) is 11.6 Å². The van der Waals surface area contributed by atoms with E-state index in [0.717, 1.165) is 28.8 Å². The van der Waals surface area contributed by atoms with E-state index in [1.165, 1.54) is 24.0 Å². The molecule has 1 atom stereocenters. The Balaban J connectivity index is 2.46. The average molecular weight is 454 g/mol. The van der Waals surface area contributed by atoms with Gasteiger partial charge in [-0.15, -0.1) is 0 Å². The van der Waals surface area contributed by atoms with Crippen LogP contribution in [-0.2, 0) is 6.42 Å². The molecule has 0 radical (unpaired) electrons. The molecular formula is C23H37BrO2Si. The Morgan fingerprint density at radius 2 is 1.85 bits per heavy atom. The zero-order valence-electron chi connectivity index (χ0n) is 18.5. The zero-order chi connectivity index (χ0) is 20.6. The Morgan fingerprint density at radius 1 is 1.22 bits per heavy atom. The van der Waals surface area contributed by atoms with Crippen LogP contribution in [0.4, 0.5) is 0 Å². The van der Waals surface area contributed by atoms with Crippen molar-refractivity contribution in [2.45, 2.75) is 78.4 Å². The molecule has 1 aliphatic carbocycles. The lowest BCUT2D eigenvalue weighted by Crippen LogP contribution is -2.44. The number of hydrogen-bond acceptors (Lipinski definition) is 2. The molecule has 152 valence electrons. The van der Waals surface area contributed by atoms with Crippen molar-refractivity contribution in [3.63, 3.8) is 0 Å².